The Morgan fingerprint density at radius 2 is 2.21 bits per heavy atom. The van der Waals surface area contributed by atoms with Gasteiger partial charge >= 0.3 is 0 Å². The van der Waals surface area contributed by atoms with E-state index in [2.05, 4.69) is 16.6 Å². The van der Waals surface area contributed by atoms with Crippen LogP contribution in [0.4, 0.5) is 0 Å². The van der Waals surface area contributed by atoms with Crippen molar-refractivity contribution in [3.8, 4) is 11.8 Å². The summed E-state index contributed by atoms with van der Waals surface area (Å²) in [5.41, 5.74) is 0. The number of hydrogen-bond donors (Lipinski definition) is 2. The fraction of sp³-hybridized carbons (Fsp3) is 0.538. The molecular weight excluding hydrogens is 282 g/mol. The molecular formula is C13H19NO3S2. The molecule has 1 aromatic heterocycles. The predicted octanol–water partition coefficient (Wildman–Crippen LogP) is 1.83. The van der Waals surface area contributed by atoms with Crippen molar-refractivity contribution >= 4 is 21.4 Å². The highest BCUT2D eigenvalue weighted by Gasteiger charge is 2.29. The number of aliphatic hydroxyl groups is 1. The van der Waals surface area contributed by atoms with Gasteiger partial charge in [-0.25, -0.2) is 13.1 Å². The van der Waals surface area contributed by atoms with Crippen molar-refractivity contribution in [2.75, 3.05) is 0 Å². The van der Waals surface area contributed by atoms with E-state index in [0.29, 0.717) is 0 Å². The fourth-order valence-corrected chi connectivity index (χ4v) is 4.00. The van der Waals surface area contributed by atoms with Gasteiger partial charge in [-0.1, -0.05) is 32.3 Å². The van der Waals surface area contributed by atoms with Crippen molar-refractivity contribution in [1.29, 1.82) is 0 Å². The van der Waals surface area contributed by atoms with E-state index >= 15 is 0 Å². The van der Waals surface area contributed by atoms with Crippen LogP contribution in [-0.2, 0) is 10.0 Å². The van der Waals surface area contributed by atoms with Crippen molar-refractivity contribution in [2.24, 2.45) is 5.92 Å². The molecule has 0 saturated heterocycles. The molecule has 0 aliphatic heterocycles. The largest absolute Gasteiger partial charge is 0.379 e. The van der Waals surface area contributed by atoms with Gasteiger partial charge in [0.05, 0.1) is 6.04 Å². The third-order valence-electron chi connectivity index (χ3n) is 2.94. The second-order valence-electron chi connectivity index (χ2n) is 4.30. The number of thiophene rings is 1. The molecule has 0 spiro atoms. The monoisotopic (exact) mass is 301 g/mol. The van der Waals surface area contributed by atoms with Gasteiger partial charge in [0, 0.05) is 0 Å². The number of hydrogen-bond acceptors (Lipinski definition) is 4. The van der Waals surface area contributed by atoms with Crippen LogP contribution in [0.1, 0.15) is 27.2 Å². The first-order valence-electron chi connectivity index (χ1n) is 6.08. The molecule has 0 bridgehead atoms. The molecule has 3 atom stereocenters. The maximum Gasteiger partial charge on any atom is 0.250 e. The Morgan fingerprint density at radius 1 is 1.53 bits per heavy atom. The van der Waals surface area contributed by atoms with Crippen LogP contribution in [-0.4, -0.2) is 25.7 Å². The molecule has 0 aliphatic rings. The molecule has 1 rings (SSSR count). The second-order valence-corrected chi connectivity index (χ2v) is 7.19. The Labute approximate surface area is 118 Å². The van der Waals surface area contributed by atoms with E-state index in [1.165, 1.54) is 0 Å². The average Bonchev–Trinajstić information content (AvgIpc) is 2.90. The molecule has 106 valence electrons. The zero-order chi connectivity index (χ0) is 14.5. The first-order valence-corrected chi connectivity index (χ1v) is 8.44. The van der Waals surface area contributed by atoms with Crippen molar-refractivity contribution in [1.82, 2.24) is 4.72 Å². The lowest BCUT2D eigenvalue weighted by atomic mass is 9.95. The third-order valence-corrected chi connectivity index (χ3v) is 5.80. The third kappa shape index (κ3) is 4.32. The van der Waals surface area contributed by atoms with E-state index in [4.69, 9.17) is 0 Å². The van der Waals surface area contributed by atoms with E-state index < -0.39 is 22.2 Å². The van der Waals surface area contributed by atoms with Crippen LogP contribution in [0.2, 0.25) is 0 Å². The van der Waals surface area contributed by atoms with Crippen LogP contribution in [0.5, 0.6) is 0 Å². The van der Waals surface area contributed by atoms with Gasteiger partial charge < -0.3 is 5.11 Å². The summed E-state index contributed by atoms with van der Waals surface area (Å²) in [6, 6.07) is 2.61. The highest BCUT2D eigenvalue weighted by atomic mass is 32.2. The van der Waals surface area contributed by atoms with Crippen LogP contribution in [0.25, 0.3) is 0 Å². The smallest absolute Gasteiger partial charge is 0.250 e. The van der Waals surface area contributed by atoms with Crippen LogP contribution in [0.3, 0.4) is 0 Å². The number of sulfonamides is 1. The Hall–Kier alpha value is -0.870. The van der Waals surface area contributed by atoms with E-state index in [-0.39, 0.29) is 10.1 Å². The molecule has 19 heavy (non-hydrogen) atoms. The van der Waals surface area contributed by atoms with Crippen LogP contribution >= 0.6 is 11.3 Å². The van der Waals surface area contributed by atoms with Gasteiger partial charge in [0.15, 0.2) is 0 Å². The molecule has 6 heteroatoms. The minimum atomic E-state index is -3.59. The highest BCUT2D eigenvalue weighted by Crippen LogP contribution is 2.19. The molecule has 1 unspecified atom stereocenters. The van der Waals surface area contributed by atoms with E-state index in [0.717, 1.165) is 17.8 Å². The van der Waals surface area contributed by atoms with Crippen molar-refractivity contribution in [3.05, 3.63) is 17.5 Å². The Kier molecular flexibility index (Phi) is 6.01. The number of nitrogens with one attached hydrogen (secondary N) is 1. The SMILES string of the molecule is CC#C[C@H](O)C(NS(=O)(=O)c1cccs1)[C@@H](C)CC. The average molecular weight is 301 g/mol. The molecule has 0 aromatic carbocycles. The molecule has 0 aliphatic carbocycles. The van der Waals surface area contributed by atoms with Gasteiger partial charge in [0.2, 0.25) is 10.0 Å². The standard InChI is InChI=1S/C13H19NO3S2/c1-4-7-11(15)13(10(3)5-2)14-19(16,17)12-8-6-9-18-12/h6,8-11,13-15H,5H2,1-3H3/t10-,11-,13?/m0/s1. The zero-order valence-corrected chi connectivity index (χ0v) is 12.9. The van der Waals surface area contributed by atoms with Gasteiger partial charge in [-0.3, -0.25) is 0 Å². The molecule has 0 radical (unpaired) electrons. The van der Waals surface area contributed by atoms with Gasteiger partial charge in [0.1, 0.15) is 10.3 Å². The Balaban J connectivity index is 2.97. The summed E-state index contributed by atoms with van der Waals surface area (Å²) in [5, 5.41) is 11.7. The zero-order valence-electron chi connectivity index (χ0n) is 11.3. The summed E-state index contributed by atoms with van der Waals surface area (Å²) in [5.74, 6) is 5.22. The normalized spacial score (nSPS) is 16.2. The fourth-order valence-electron chi connectivity index (χ4n) is 1.64. The molecule has 0 fully saturated rings. The van der Waals surface area contributed by atoms with Crippen molar-refractivity contribution in [2.45, 2.75) is 43.5 Å². The number of aliphatic hydroxyl groups excluding tert-OH is 1. The summed E-state index contributed by atoms with van der Waals surface area (Å²) in [4.78, 5) is 0. The maximum atomic E-state index is 12.2. The summed E-state index contributed by atoms with van der Waals surface area (Å²) in [6.07, 6.45) is -0.255. The second kappa shape index (κ2) is 7.06. The van der Waals surface area contributed by atoms with E-state index in [1.807, 2.05) is 13.8 Å². The van der Waals surface area contributed by atoms with Gasteiger partial charge in [-0.15, -0.1) is 17.3 Å². The molecule has 2 N–H and O–H groups in total. The summed E-state index contributed by atoms with van der Waals surface area (Å²) >= 11 is 1.15. The number of rotatable bonds is 6. The minimum Gasteiger partial charge on any atom is -0.379 e. The van der Waals surface area contributed by atoms with Crippen LogP contribution < -0.4 is 4.72 Å². The molecule has 1 heterocycles. The molecule has 0 saturated carbocycles. The summed E-state index contributed by atoms with van der Waals surface area (Å²) in [7, 11) is -3.59. The van der Waals surface area contributed by atoms with Gasteiger partial charge in [-0.05, 0) is 24.3 Å². The van der Waals surface area contributed by atoms with E-state index in [9.17, 15) is 13.5 Å². The Bertz CT molecular complexity index is 540. The topological polar surface area (TPSA) is 66.4 Å². The lowest BCUT2D eigenvalue weighted by molar-refractivity contribution is 0.161. The molecule has 0 amide bonds. The van der Waals surface area contributed by atoms with Crippen molar-refractivity contribution < 1.29 is 13.5 Å². The van der Waals surface area contributed by atoms with Crippen LogP contribution in [0.15, 0.2) is 21.7 Å². The highest BCUT2D eigenvalue weighted by molar-refractivity contribution is 7.91. The van der Waals surface area contributed by atoms with E-state index in [1.54, 1.807) is 24.4 Å². The molecule has 1 aromatic rings. The van der Waals surface area contributed by atoms with Gasteiger partial charge in [0.25, 0.3) is 0 Å². The summed E-state index contributed by atoms with van der Waals surface area (Å²) in [6.45, 7) is 5.45. The first kappa shape index (κ1) is 16.2. The van der Waals surface area contributed by atoms with Crippen molar-refractivity contribution in [3.63, 3.8) is 0 Å². The lowest BCUT2D eigenvalue weighted by Crippen LogP contribution is -2.46. The quantitative estimate of drug-likeness (QED) is 0.788. The first-order chi connectivity index (χ1) is 8.92. The predicted molar refractivity (Wildman–Crippen MR) is 77.3 cm³/mol. The lowest BCUT2D eigenvalue weighted by Gasteiger charge is -2.25. The minimum absolute atomic E-state index is 0.00872. The molecule has 4 nitrogen and oxygen atoms in total. The van der Waals surface area contributed by atoms with Crippen LogP contribution in [0, 0.1) is 17.8 Å². The maximum absolute atomic E-state index is 12.2. The Morgan fingerprint density at radius 3 is 2.68 bits per heavy atom. The summed E-state index contributed by atoms with van der Waals surface area (Å²) < 4.78 is 27.2. The van der Waals surface area contributed by atoms with Gasteiger partial charge in [-0.2, -0.15) is 0 Å².